The van der Waals surface area contributed by atoms with E-state index in [1.807, 2.05) is 19.1 Å². The second-order valence-corrected chi connectivity index (χ2v) is 5.25. The molecule has 126 valence electrons. The molecule has 0 radical (unpaired) electrons. The van der Waals surface area contributed by atoms with Gasteiger partial charge in [0, 0.05) is 6.54 Å². The van der Waals surface area contributed by atoms with E-state index in [9.17, 15) is 5.21 Å². The molecule has 0 spiro atoms. The van der Waals surface area contributed by atoms with Gasteiger partial charge >= 0.3 is 0 Å². The van der Waals surface area contributed by atoms with Gasteiger partial charge in [-0.3, -0.25) is 5.21 Å². The molecule has 0 aliphatic rings. The number of hydrogen-bond donors (Lipinski definition) is 3. The van der Waals surface area contributed by atoms with E-state index in [1.54, 1.807) is 7.05 Å². The Hall–Kier alpha value is -1.18. The molecule has 1 rings (SSSR count). The Morgan fingerprint density at radius 1 is 1.23 bits per heavy atom. The van der Waals surface area contributed by atoms with E-state index in [0.29, 0.717) is 25.7 Å². The van der Waals surface area contributed by atoms with Crippen LogP contribution in [0.4, 0.5) is 0 Å². The summed E-state index contributed by atoms with van der Waals surface area (Å²) in [7, 11) is 1.75. The standard InChI is InChI=1S/C16H29N3O3/c1-5-13(2)15-6-8-16(9-7-15)22-14(3)21-11-10-18-19(20)12-17-4/h6-9,13-14,17-18,20H,5,10-12H2,1-4H3. The number of hydroxylamine groups is 1. The Labute approximate surface area is 133 Å². The molecule has 0 aliphatic carbocycles. The zero-order valence-electron chi connectivity index (χ0n) is 14.0. The van der Waals surface area contributed by atoms with E-state index in [4.69, 9.17) is 9.47 Å². The smallest absolute Gasteiger partial charge is 0.197 e. The Balaban J connectivity index is 2.25. The molecule has 6 nitrogen and oxygen atoms in total. The number of hydrogen-bond acceptors (Lipinski definition) is 6. The lowest BCUT2D eigenvalue weighted by atomic mass is 9.99. The molecular weight excluding hydrogens is 282 g/mol. The van der Waals surface area contributed by atoms with Gasteiger partial charge in [-0.2, -0.15) is 0 Å². The second kappa shape index (κ2) is 10.5. The minimum absolute atomic E-state index is 0.340. The molecule has 2 atom stereocenters. The van der Waals surface area contributed by atoms with Gasteiger partial charge in [0.2, 0.25) is 0 Å². The number of hydrazine groups is 1. The van der Waals surface area contributed by atoms with Crippen LogP contribution in [0.15, 0.2) is 24.3 Å². The van der Waals surface area contributed by atoms with Crippen molar-refractivity contribution in [3.8, 4) is 5.75 Å². The number of nitrogens with zero attached hydrogens (tertiary/aromatic N) is 1. The number of rotatable bonds is 11. The van der Waals surface area contributed by atoms with Gasteiger partial charge in [-0.25, -0.2) is 5.43 Å². The third-order valence-electron chi connectivity index (χ3n) is 3.42. The highest BCUT2D eigenvalue weighted by atomic mass is 16.7. The van der Waals surface area contributed by atoms with Crippen molar-refractivity contribution in [3.05, 3.63) is 29.8 Å². The first-order valence-electron chi connectivity index (χ1n) is 7.79. The van der Waals surface area contributed by atoms with Crippen molar-refractivity contribution in [2.45, 2.75) is 39.4 Å². The molecule has 0 aromatic heterocycles. The summed E-state index contributed by atoms with van der Waals surface area (Å²) < 4.78 is 11.2. The van der Waals surface area contributed by atoms with Gasteiger partial charge in [-0.1, -0.05) is 26.0 Å². The van der Waals surface area contributed by atoms with Gasteiger partial charge in [0.05, 0.1) is 13.3 Å². The zero-order valence-corrected chi connectivity index (χ0v) is 14.0. The molecule has 1 aromatic carbocycles. The Kier molecular flexibility index (Phi) is 9.03. The van der Waals surface area contributed by atoms with Gasteiger partial charge in [-0.15, -0.1) is 5.17 Å². The summed E-state index contributed by atoms with van der Waals surface area (Å²) in [6.45, 7) is 7.53. The fourth-order valence-electron chi connectivity index (χ4n) is 1.94. The minimum atomic E-state index is -0.340. The fraction of sp³-hybridized carbons (Fsp3) is 0.625. The molecule has 0 fully saturated rings. The predicted octanol–water partition coefficient (Wildman–Crippen LogP) is 2.31. The molecular formula is C16H29N3O3. The topological polar surface area (TPSA) is 66.0 Å². The van der Waals surface area contributed by atoms with Crippen LogP contribution in [0.1, 0.15) is 38.7 Å². The van der Waals surface area contributed by atoms with E-state index in [0.717, 1.165) is 17.3 Å². The lowest BCUT2D eigenvalue weighted by Crippen LogP contribution is -2.42. The first-order valence-corrected chi connectivity index (χ1v) is 7.79. The summed E-state index contributed by atoms with van der Waals surface area (Å²) in [6.07, 6.45) is 0.787. The van der Waals surface area contributed by atoms with Crippen molar-refractivity contribution in [1.82, 2.24) is 15.9 Å². The molecule has 1 aromatic rings. The van der Waals surface area contributed by atoms with Gasteiger partial charge in [0.1, 0.15) is 5.75 Å². The SMILES string of the molecule is CCC(C)c1ccc(OC(C)OCCNN(O)CNC)cc1. The van der Waals surface area contributed by atoms with Gasteiger partial charge in [-0.05, 0) is 44.0 Å². The van der Waals surface area contributed by atoms with E-state index in [-0.39, 0.29) is 6.29 Å². The van der Waals surface area contributed by atoms with Crippen LogP contribution >= 0.6 is 0 Å². The summed E-state index contributed by atoms with van der Waals surface area (Å²) in [5, 5.41) is 13.1. The number of nitrogens with one attached hydrogen (secondary N) is 2. The molecule has 2 unspecified atom stereocenters. The zero-order chi connectivity index (χ0) is 16.4. The van der Waals surface area contributed by atoms with Crippen molar-refractivity contribution in [3.63, 3.8) is 0 Å². The van der Waals surface area contributed by atoms with Crippen molar-refractivity contribution >= 4 is 0 Å². The van der Waals surface area contributed by atoms with Crippen molar-refractivity contribution < 1.29 is 14.7 Å². The molecule has 0 bridgehead atoms. The highest BCUT2D eigenvalue weighted by molar-refractivity contribution is 5.29. The molecule has 3 N–H and O–H groups in total. The first kappa shape index (κ1) is 18.9. The third-order valence-corrected chi connectivity index (χ3v) is 3.42. The van der Waals surface area contributed by atoms with Crippen LogP contribution in [0.5, 0.6) is 5.75 Å². The molecule has 6 heteroatoms. The van der Waals surface area contributed by atoms with Gasteiger partial charge in [0.25, 0.3) is 0 Å². The Morgan fingerprint density at radius 2 is 1.91 bits per heavy atom. The van der Waals surface area contributed by atoms with Crippen molar-refractivity contribution in [1.29, 1.82) is 0 Å². The summed E-state index contributed by atoms with van der Waals surface area (Å²) in [4.78, 5) is 0. The summed E-state index contributed by atoms with van der Waals surface area (Å²) in [5.74, 6) is 1.36. The van der Waals surface area contributed by atoms with E-state index in [1.165, 1.54) is 5.56 Å². The molecule has 0 saturated carbocycles. The average molecular weight is 311 g/mol. The van der Waals surface area contributed by atoms with Crippen LogP contribution in [0.3, 0.4) is 0 Å². The Bertz CT molecular complexity index is 400. The molecule has 0 amide bonds. The average Bonchev–Trinajstić information content (AvgIpc) is 2.52. The van der Waals surface area contributed by atoms with Gasteiger partial charge in [0.15, 0.2) is 6.29 Å². The van der Waals surface area contributed by atoms with Crippen LogP contribution < -0.4 is 15.5 Å². The highest BCUT2D eigenvalue weighted by Crippen LogP contribution is 2.22. The van der Waals surface area contributed by atoms with E-state index in [2.05, 4.69) is 36.7 Å². The maximum Gasteiger partial charge on any atom is 0.197 e. The predicted molar refractivity (Wildman–Crippen MR) is 86.7 cm³/mol. The molecule has 22 heavy (non-hydrogen) atoms. The highest BCUT2D eigenvalue weighted by Gasteiger charge is 2.06. The van der Waals surface area contributed by atoms with Crippen LogP contribution in [-0.4, -0.2) is 43.5 Å². The lowest BCUT2D eigenvalue weighted by molar-refractivity contribution is -0.148. The number of ether oxygens (including phenoxy) is 2. The Morgan fingerprint density at radius 3 is 2.50 bits per heavy atom. The van der Waals surface area contributed by atoms with Crippen LogP contribution in [0.2, 0.25) is 0 Å². The molecule has 0 saturated heterocycles. The van der Waals surface area contributed by atoms with Crippen LogP contribution in [0.25, 0.3) is 0 Å². The van der Waals surface area contributed by atoms with Crippen molar-refractivity contribution in [2.75, 3.05) is 26.9 Å². The molecule has 0 heterocycles. The van der Waals surface area contributed by atoms with E-state index >= 15 is 0 Å². The maximum atomic E-state index is 9.31. The fourth-order valence-corrected chi connectivity index (χ4v) is 1.94. The van der Waals surface area contributed by atoms with Crippen molar-refractivity contribution in [2.24, 2.45) is 0 Å². The minimum Gasteiger partial charge on any atom is -0.465 e. The van der Waals surface area contributed by atoms with Crippen LogP contribution in [-0.2, 0) is 4.74 Å². The summed E-state index contributed by atoms with van der Waals surface area (Å²) in [5.41, 5.74) is 4.09. The largest absolute Gasteiger partial charge is 0.465 e. The second-order valence-electron chi connectivity index (χ2n) is 5.25. The summed E-state index contributed by atoms with van der Waals surface area (Å²) in [6, 6.07) is 8.14. The molecule has 0 aliphatic heterocycles. The maximum absolute atomic E-state index is 9.31. The monoisotopic (exact) mass is 311 g/mol. The lowest BCUT2D eigenvalue weighted by Gasteiger charge is -2.18. The third kappa shape index (κ3) is 7.20. The van der Waals surface area contributed by atoms with E-state index < -0.39 is 0 Å². The van der Waals surface area contributed by atoms with Crippen LogP contribution in [0, 0.1) is 0 Å². The summed E-state index contributed by atoms with van der Waals surface area (Å²) >= 11 is 0. The quantitative estimate of drug-likeness (QED) is 0.331. The first-order chi connectivity index (χ1) is 10.6. The normalized spacial score (nSPS) is 14.1. The number of benzene rings is 1. The van der Waals surface area contributed by atoms with Gasteiger partial charge < -0.3 is 14.8 Å².